The van der Waals surface area contributed by atoms with Gasteiger partial charge in [0.1, 0.15) is 0 Å². The van der Waals surface area contributed by atoms with Crippen molar-refractivity contribution in [2.45, 2.75) is 37.6 Å². The monoisotopic (exact) mass is 232 g/mol. The summed E-state index contributed by atoms with van der Waals surface area (Å²) in [5, 5.41) is 10.0. The zero-order valence-electron chi connectivity index (χ0n) is 10.2. The van der Waals surface area contributed by atoms with Crippen molar-refractivity contribution in [1.29, 1.82) is 0 Å². The van der Waals surface area contributed by atoms with Gasteiger partial charge in [-0.3, -0.25) is 4.90 Å². The van der Waals surface area contributed by atoms with Crippen LogP contribution < -0.4 is 5.73 Å². The molecule has 1 aliphatic heterocycles. The first-order valence-electron chi connectivity index (χ1n) is 6.43. The molecule has 3 heteroatoms. The summed E-state index contributed by atoms with van der Waals surface area (Å²) in [6.45, 7) is 3.23. The Morgan fingerprint density at radius 2 is 2.06 bits per heavy atom. The Morgan fingerprint density at radius 1 is 1.35 bits per heavy atom. The maximum absolute atomic E-state index is 10.0. The number of nitrogens with zero attached hydrogens (tertiary/aromatic N) is 1. The van der Waals surface area contributed by atoms with Crippen LogP contribution in [0.4, 0.5) is 0 Å². The molecule has 3 rings (SSSR count). The number of benzene rings is 1. The van der Waals surface area contributed by atoms with Crippen molar-refractivity contribution in [1.82, 2.24) is 4.90 Å². The lowest BCUT2D eigenvalue weighted by Crippen LogP contribution is -2.46. The van der Waals surface area contributed by atoms with E-state index in [1.54, 1.807) is 0 Å². The van der Waals surface area contributed by atoms with Crippen LogP contribution in [0.5, 0.6) is 0 Å². The van der Waals surface area contributed by atoms with E-state index in [4.69, 9.17) is 5.73 Å². The SMILES string of the molecule is C[C@@H](c1ccccc1)N1C[C@H]2C[C@H](O)[C@@H]1[C@@H]2N. The highest BCUT2D eigenvalue weighted by Crippen LogP contribution is 2.41. The standard InChI is InChI=1S/C14H20N2O/c1-9(10-5-3-2-4-6-10)16-8-11-7-12(17)14(16)13(11)15/h2-6,9,11-14,17H,7-8,15H2,1H3/t9-,11+,12-,13+,14+/m0/s1. The number of nitrogens with two attached hydrogens (primary N) is 1. The first-order chi connectivity index (χ1) is 8.18. The van der Waals surface area contributed by atoms with Crippen molar-refractivity contribution in [3.63, 3.8) is 0 Å². The van der Waals surface area contributed by atoms with Crippen LogP contribution in [0.15, 0.2) is 30.3 Å². The largest absolute Gasteiger partial charge is 0.391 e. The summed E-state index contributed by atoms with van der Waals surface area (Å²) < 4.78 is 0. The molecule has 3 nitrogen and oxygen atoms in total. The van der Waals surface area contributed by atoms with E-state index < -0.39 is 0 Å². The third-order valence-corrected chi connectivity index (χ3v) is 4.48. The van der Waals surface area contributed by atoms with Gasteiger partial charge in [0.15, 0.2) is 0 Å². The van der Waals surface area contributed by atoms with Gasteiger partial charge < -0.3 is 10.8 Å². The van der Waals surface area contributed by atoms with E-state index in [0.29, 0.717) is 12.0 Å². The smallest absolute Gasteiger partial charge is 0.0714 e. The predicted octanol–water partition coefficient (Wildman–Crippen LogP) is 1.14. The van der Waals surface area contributed by atoms with E-state index in [9.17, 15) is 5.11 Å². The minimum Gasteiger partial charge on any atom is -0.391 e. The van der Waals surface area contributed by atoms with Crippen LogP contribution in [-0.4, -0.2) is 34.7 Å². The molecule has 5 atom stereocenters. The Bertz CT molecular complexity index is 394. The van der Waals surface area contributed by atoms with Crippen molar-refractivity contribution in [3.8, 4) is 0 Å². The van der Waals surface area contributed by atoms with Crippen molar-refractivity contribution < 1.29 is 5.11 Å². The summed E-state index contributed by atoms with van der Waals surface area (Å²) in [6.07, 6.45) is 0.638. The molecule has 1 saturated heterocycles. The molecule has 1 aromatic rings. The summed E-state index contributed by atoms with van der Waals surface area (Å²) in [4.78, 5) is 2.37. The minimum atomic E-state index is -0.241. The average molecular weight is 232 g/mol. The average Bonchev–Trinajstić information content (AvgIpc) is 2.81. The van der Waals surface area contributed by atoms with Crippen LogP contribution in [0.1, 0.15) is 24.9 Å². The van der Waals surface area contributed by atoms with Gasteiger partial charge in [-0.2, -0.15) is 0 Å². The normalized spacial score (nSPS) is 38.5. The summed E-state index contributed by atoms with van der Waals surface area (Å²) in [6, 6.07) is 11.1. The number of rotatable bonds is 2. The molecule has 1 aliphatic carbocycles. The van der Waals surface area contributed by atoms with E-state index in [-0.39, 0.29) is 18.2 Å². The minimum absolute atomic E-state index is 0.148. The molecule has 1 heterocycles. The highest BCUT2D eigenvalue weighted by Gasteiger charge is 2.51. The Labute approximate surface area is 102 Å². The Morgan fingerprint density at radius 3 is 2.65 bits per heavy atom. The van der Waals surface area contributed by atoms with Gasteiger partial charge in [0.2, 0.25) is 0 Å². The second-order valence-corrected chi connectivity index (χ2v) is 5.41. The molecule has 17 heavy (non-hydrogen) atoms. The first-order valence-corrected chi connectivity index (χ1v) is 6.43. The Kier molecular flexibility index (Phi) is 2.69. The molecule has 2 bridgehead atoms. The van der Waals surface area contributed by atoms with Crippen molar-refractivity contribution in [3.05, 3.63) is 35.9 Å². The number of aliphatic hydroxyl groups is 1. The fraction of sp³-hybridized carbons (Fsp3) is 0.571. The van der Waals surface area contributed by atoms with Crippen LogP contribution >= 0.6 is 0 Å². The zero-order valence-corrected chi connectivity index (χ0v) is 10.2. The van der Waals surface area contributed by atoms with Gasteiger partial charge in [-0.1, -0.05) is 30.3 Å². The summed E-state index contributed by atoms with van der Waals surface area (Å²) >= 11 is 0. The highest BCUT2D eigenvalue weighted by molar-refractivity contribution is 5.20. The molecule has 1 aromatic carbocycles. The predicted molar refractivity (Wildman–Crippen MR) is 67.4 cm³/mol. The van der Waals surface area contributed by atoms with Gasteiger partial charge in [0.05, 0.1) is 12.1 Å². The number of fused-ring (bicyclic) bond motifs is 2. The summed E-state index contributed by atoms with van der Waals surface area (Å²) in [5.74, 6) is 0.473. The van der Waals surface area contributed by atoms with Gasteiger partial charge in [0.25, 0.3) is 0 Å². The molecule has 0 amide bonds. The van der Waals surface area contributed by atoms with E-state index in [0.717, 1.165) is 13.0 Å². The zero-order chi connectivity index (χ0) is 12.0. The number of hydrogen-bond acceptors (Lipinski definition) is 3. The maximum Gasteiger partial charge on any atom is 0.0714 e. The van der Waals surface area contributed by atoms with Crippen LogP contribution in [0.2, 0.25) is 0 Å². The van der Waals surface area contributed by atoms with Gasteiger partial charge >= 0.3 is 0 Å². The van der Waals surface area contributed by atoms with Crippen LogP contribution in [0.3, 0.4) is 0 Å². The molecule has 0 aromatic heterocycles. The lowest BCUT2D eigenvalue weighted by atomic mass is 10.0. The highest BCUT2D eigenvalue weighted by atomic mass is 16.3. The van der Waals surface area contributed by atoms with Crippen LogP contribution in [0.25, 0.3) is 0 Å². The molecular formula is C14H20N2O. The van der Waals surface area contributed by atoms with Gasteiger partial charge in [-0.05, 0) is 24.8 Å². The third-order valence-electron chi connectivity index (χ3n) is 4.48. The molecule has 0 spiro atoms. The Hall–Kier alpha value is -0.900. The van der Waals surface area contributed by atoms with Crippen LogP contribution in [0, 0.1) is 5.92 Å². The number of hydrogen-bond donors (Lipinski definition) is 2. The van der Waals surface area contributed by atoms with Gasteiger partial charge in [-0.25, -0.2) is 0 Å². The molecule has 2 fully saturated rings. The van der Waals surface area contributed by atoms with Crippen molar-refractivity contribution in [2.75, 3.05) is 6.54 Å². The second kappa shape index (κ2) is 4.09. The number of piperidine rings is 1. The lowest BCUT2D eigenvalue weighted by Gasteiger charge is -2.35. The van der Waals surface area contributed by atoms with Crippen LogP contribution in [-0.2, 0) is 0 Å². The number of aliphatic hydroxyl groups excluding tert-OH is 1. The molecule has 92 valence electrons. The molecule has 1 saturated carbocycles. The summed E-state index contributed by atoms with van der Waals surface area (Å²) in [7, 11) is 0. The fourth-order valence-electron chi connectivity index (χ4n) is 3.51. The first kappa shape index (κ1) is 11.2. The topological polar surface area (TPSA) is 49.5 Å². The van der Waals surface area contributed by atoms with Gasteiger partial charge in [-0.15, -0.1) is 0 Å². The quantitative estimate of drug-likeness (QED) is 0.804. The fourth-order valence-corrected chi connectivity index (χ4v) is 3.51. The van der Waals surface area contributed by atoms with Crippen molar-refractivity contribution in [2.24, 2.45) is 11.7 Å². The van der Waals surface area contributed by atoms with E-state index >= 15 is 0 Å². The van der Waals surface area contributed by atoms with E-state index in [1.165, 1.54) is 5.56 Å². The molecule has 0 unspecified atom stereocenters. The lowest BCUT2D eigenvalue weighted by molar-refractivity contribution is 0.0345. The van der Waals surface area contributed by atoms with Crippen molar-refractivity contribution >= 4 is 0 Å². The molecule has 0 radical (unpaired) electrons. The second-order valence-electron chi connectivity index (χ2n) is 5.41. The summed E-state index contributed by atoms with van der Waals surface area (Å²) in [5.41, 5.74) is 7.48. The third kappa shape index (κ3) is 1.69. The molecular weight excluding hydrogens is 212 g/mol. The van der Waals surface area contributed by atoms with E-state index in [1.807, 2.05) is 6.07 Å². The van der Waals surface area contributed by atoms with E-state index in [2.05, 4.69) is 36.1 Å². The maximum atomic E-state index is 10.0. The number of likely N-dealkylation sites (tertiary alicyclic amines) is 1. The molecule has 2 aliphatic rings. The molecule has 3 N–H and O–H groups in total. The Balaban J connectivity index is 1.82. The van der Waals surface area contributed by atoms with Gasteiger partial charge in [0, 0.05) is 18.6 Å².